The Kier molecular flexibility index (Phi) is 3.52. The molecule has 0 saturated heterocycles. The van der Waals surface area contributed by atoms with E-state index in [1.54, 1.807) is 0 Å². The largest absolute Gasteiger partial charge is 0.324 e. The van der Waals surface area contributed by atoms with E-state index in [1.165, 1.54) is 22.3 Å². The molecule has 0 fully saturated rings. The first-order valence-corrected chi connectivity index (χ1v) is 6.15. The Balaban J connectivity index is 2.28. The molecule has 0 amide bonds. The van der Waals surface area contributed by atoms with Crippen LogP contribution in [0.4, 0.5) is 0 Å². The number of rotatable bonds is 2. The van der Waals surface area contributed by atoms with Crippen molar-refractivity contribution < 1.29 is 0 Å². The third-order valence-electron chi connectivity index (χ3n) is 3.02. The lowest BCUT2D eigenvalue weighted by molar-refractivity contribution is 0.643. The molecule has 1 aliphatic rings. The van der Waals surface area contributed by atoms with Crippen molar-refractivity contribution in [1.29, 1.82) is 0 Å². The van der Waals surface area contributed by atoms with Crippen LogP contribution in [0.15, 0.2) is 66.7 Å². The van der Waals surface area contributed by atoms with E-state index in [2.05, 4.69) is 75.0 Å². The number of aryl methyl sites for hydroxylation is 1. The second kappa shape index (κ2) is 5.09. The van der Waals surface area contributed by atoms with E-state index in [-0.39, 0.29) is 0 Å². The predicted octanol–water partition coefficient (Wildman–Crippen LogP) is 4.65. The van der Waals surface area contributed by atoms with E-state index in [9.17, 15) is 0 Å². The SMILES string of the molecule is C=C1C=CC(C)=CN1/C=C(\C)c1cccc(C)c1. The van der Waals surface area contributed by atoms with Gasteiger partial charge in [0, 0.05) is 18.1 Å². The number of benzene rings is 1. The molecular formula is C17H19N. The van der Waals surface area contributed by atoms with E-state index in [0.29, 0.717) is 0 Å². The molecule has 0 radical (unpaired) electrons. The molecular weight excluding hydrogens is 218 g/mol. The molecule has 1 nitrogen and oxygen atoms in total. The Bertz CT molecular complexity index is 559. The van der Waals surface area contributed by atoms with Gasteiger partial charge in [-0.25, -0.2) is 0 Å². The van der Waals surface area contributed by atoms with Crippen LogP contribution in [0.2, 0.25) is 0 Å². The molecule has 0 saturated carbocycles. The molecule has 92 valence electrons. The van der Waals surface area contributed by atoms with Crippen LogP contribution in [0.5, 0.6) is 0 Å². The van der Waals surface area contributed by atoms with Crippen molar-refractivity contribution in [3.05, 3.63) is 77.8 Å². The molecule has 0 N–H and O–H groups in total. The summed E-state index contributed by atoms with van der Waals surface area (Å²) in [6.07, 6.45) is 8.34. The van der Waals surface area contributed by atoms with Gasteiger partial charge in [-0.2, -0.15) is 0 Å². The number of hydrogen-bond acceptors (Lipinski definition) is 1. The highest BCUT2D eigenvalue weighted by Gasteiger charge is 2.05. The van der Waals surface area contributed by atoms with E-state index < -0.39 is 0 Å². The van der Waals surface area contributed by atoms with Gasteiger partial charge in [-0.3, -0.25) is 0 Å². The number of allylic oxidation sites excluding steroid dienone is 4. The van der Waals surface area contributed by atoms with Crippen LogP contribution in [0.25, 0.3) is 5.57 Å². The van der Waals surface area contributed by atoms with Gasteiger partial charge in [-0.05, 0) is 43.6 Å². The lowest BCUT2D eigenvalue weighted by atomic mass is 10.1. The van der Waals surface area contributed by atoms with Crippen LogP contribution < -0.4 is 0 Å². The lowest BCUT2D eigenvalue weighted by Gasteiger charge is -2.21. The third-order valence-corrected chi connectivity index (χ3v) is 3.02. The van der Waals surface area contributed by atoms with Crippen molar-refractivity contribution >= 4 is 5.57 Å². The summed E-state index contributed by atoms with van der Waals surface area (Å²) in [5, 5.41) is 0. The zero-order valence-electron chi connectivity index (χ0n) is 11.3. The van der Waals surface area contributed by atoms with Crippen LogP contribution >= 0.6 is 0 Å². The Morgan fingerprint density at radius 3 is 2.72 bits per heavy atom. The zero-order chi connectivity index (χ0) is 13.1. The zero-order valence-corrected chi connectivity index (χ0v) is 11.3. The van der Waals surface area contributed by atoms with Crippen LogP contribution in [-0.2, 0) is 0 Å². The summed E-state index contributed by atoms with van der Waals surface area (Å²) in [6, 6.07) is 8.54. The highest BCUT2D eigenvalue weighted by molar-refractivity contribution is 5.64. The first kappa shape index (κ1) is 12.4. The monoisotopic (exact) mass is 237 g/mol. The van der Waals surface area contributed by atoms with Gasteiger partial charge in [-0.1, -0.05) is 42.5 Å². The van der Waals surface area contributed by atoms with E-state index in [4.69, 9.17) is 0 Å². The molecule has 1 aromatic carbocycles. The van der Waals surface area contributed by atoms with Gasteiger partial charge in [-0.15, -0.1) is 0 Å². The highest BCUT2D eigenvalue weighted by atomic mass is 15.1. The first-order chi connectivity index (χ1) is 8.56. The molecule has 1 heteroatoms. The Morgan fingerprint density at radius 2 is 2.00 bits per heavy atom. The van der Waals surface area contributed by atoms with Gasteiger partial charge in [0.15, 0.2) is 0 Å². The van der Waals surface area contributed by atoms with Gasteiger partial charge in [0.25, 0.3) is 0 Å². The molecule has 2 rings (SSSR count). The van der Waals surface area contributed by atoms with Crippen LogP contribution in [0.1, 0.15) is 25.0 Å². The molecule has 0 atom stereocenters. The first-order valence-electron chi connectivity index (χ1n) is 6.15. The standard InChI is InChI=1S/C17H19N/c1-13-6-5-7-17(10-13)15(3)12-18-11-14(2)8-9-16(18)4/h5-12H,4H2,1-3H3/b15-12+. The second-order valence-corrected chi connectivity index (χ2v) is 4.79. The fourth-order valence-corrected chi connectivity index (χ4v) is 1.95. The van der Waals surface area contributed by atoms with Crippen molar-refractivity contribution in [3.8, 4) is 0 Å². The summed E-state index contributed by atoms with van der Waals surface area (Å²) in [7, 11) is 0. The van der Waals surface area contributed by atoms with Crippen molar-refractivity contribution in [2.45, 2.75) is 20.8 Å². The van der Waals surface area contributed by atoms with E-state index in [0.717, 1.165) is 5.70 Å². The molecule has 0 aromatic heterocycles. The van der Waals surface area contributed by atoms with Crippen molar-refractivity contribution in [2.75, 3.05) is 0 Å². The van der Waals surface area contributed by atoms with E-state index in [1.807, 2.05) is 6.08 Å². The molecule has 0 bridgehead atoms. The van der Waals surface area contributed by atoms with Crippen molar-refractivity contribution in [3.63, 3.8) is 0 Å². The maximum Gasteiger partial charge on any atom is 0.0377 e. The molecule has 1 aliphatic heterocycles. The second-order valence-electron chi connectivity index (χ2n) is 4.79. The summed E-state index contributed by atoms with van der Waals surface area (Å²) < 4.78 is 0. The minimum Gasteiger partial charge on any atom is -0.324 e. The van der Waals surface area contributed by atoms with Crippen LogP contribution in [0.3, 0.4) is 0 Å². The average molecular weight is 237 g/mol. The lowest BCUT2D eigenvalue weighted by Crippen LogP contribution is -2.10. The quantitative estimate of drug-likeness (QED) is 0.724. The summed E-state index contributed by atoms with van der Waals surface area (Å²) >= 11 is 0. The normalized spacial score (nSPS) is 15.9. The average Bonchev–Trinajstić information content (AvgIpc) is 2.34. The maximum atomic E-state index is 4.04. The summed E-state index contributed by atoms with van der Waals surface area (Å²) in [4.78, 5) is 2.08. The molecule has 18 heavy (non-hydrogen) atoms. The Hall–Kier alpha value is -2.02. The van der Waals surface area contributed by atoms with Gasteiger partial charge in [0.1, 0.15) is 0 Å². The predicted molar refractivity (Wildman–Crippen MR) is 78.7 cm³/mol. The summed E-state index contributed by atoms with van der Waals surface area (Å²) in [6.45, 7) is 10.4. The fourth-order valence-electron chi connectivity index (χ4n) is 1.95. The molecule has 1 heterocycles. The fraction of sp³-hybridized carbons (Fsp3) is 0.176. The van der Waals surface area contributed by atoms with Gasteiger partial charge in [0.05, 0.1) is 0 Å². The Labute approximate surface area is 109 Å². The molecule has 0 aliphatic carbocycles. The van der Waals surface area contributed by atoms with Crippen molar-refractivity contribution in [1.82, 2.24) is 4.90 Å². The minimum atomic E-state index is 0.993. The smallest absolute Gasteiger partial charge is 0.0377 e. The minimum absolute atomic E-state index is 0.993. The molecule has 0 spiro atoms. The molecule has 1 aromatic rings. The number of hydrogen-bond donors (Lipinski definition) is 0. The van der Waals surface area contributed by atoms with Crippen LogP contribution in [0, 0.1) is 6.92 Å². The van der Waals surface area contributed by atoms with Gasteiger partial charge < -0.3 is 4.90 Å². The topological polar surface area (TPSA) is 3.24 Å². The highest BCUT2D eigenvalue weighted by Crippen LogP contribution is 2.21. The van der Waals surface area contributed by atoms with E-state index >= 15 is 0 Å². The van der Waals surface area contributed by atoms with Crippen LogP contribution in [-0.4, -0.2) is 4.90 Å². The molecule has 0 unspecified atom stereocenters. The Morgan fingerprint density at radius 1 is 1.22 bits per heavy atom. The third kappa shape index (κ3) is 2.80. The van der Waals surface area contributed by atoms with Crippen molar-refractivity contribution in [2.24, 2.45) is 0 Å². The summed E-state index contributed by atoms with van der Waals surface area (Å²) in [5.41, 5.74) is 6.00. The summed E-state index contributed by atoms with van der Waals surface area (Å²) in [5.74, 6) is 0. The van der Waals surface area contributed by atoms with Gasteiger partial charge in [0.2, 0.25) is 0 Å². The maximum absolute atomic E-state index is 4.04. The number of nitrogens with zero attached hydrogens (tertiary/aromatic N) is 1. The van der Waals surface area contributed by atoms with Gasteiger partial charge >= 0.3 is 0 Å².